The molecule has 0 unspecified atom stereocenters. The van der Waals surface area contributed by atoms with Gasteiger partial charge in [-0.15, -0.1) is 0 Å². The van der Waals surface area contributed by atoms with Gasteiger partial charge in [-0.2, -0.15) is 0 Å². The fraction of sp³-hybridized carbons (Fsp3) is 0.852. The van der Waals surface area contributed by atoms with Gasteiger partial charge >= 0.3 is 17.9 Å². The maximum absolute atomic E-state index is 13.4. The molecule has 4 aliphatic rings. The second-order valence-electron chi connectivity index (χ2n) is 11.8. The van der Waals surface area contributed by atoms with Crippen LogP contribution >= 0.6 is 0 Å². The Hall–Kier alpha value is -1.92. The minimum absolute atomic E-state index is 0.0305. The molecule has 0 N–H and O–H groups in total. The Bertz CT molecular complexity index is 867. The van der Waals surface area contributed by atoms with Crippen molar-refractivity contribution >= 4 is 23.7 Å². The van der Waals surface area contributed by atoms with Gasteiger partial charge in [0.1, 0.15) is 6.10 Å². The van der Waals surface area contributed by atoms with Crippen LogP contribution in [0, 0.1) is 34.5 Å². The van der Waals surface area contributed by atoms with E-state index in [2.05, 4.69) is 13.8 Å². The number of rotatable bonds is 5. The predicted molar refractivity (Wildman–Crippen MR) is 123 cm³/mol. The molecule has 7 heteroatoms. The Kier molecular flexibility index (Phi) is 6.62. The van der Waals surface area contributed by atoms with Crippen molar-refractivity contribution in [1.82, 2.24) is 0 Å². The summed E-state index contributed by atoms with van der Waals surface area (Å²) < 4.78 is 16.5. The van der Waals surface area contributed by atoms with Gasteiger partial charge in [0.2, 0.25) is 5.78 Å². The van der Waals surface area contributed by atoms with Gasteiger partial charge in [0, 0.05) is 26.2 Å². The molecule has 34 heavy (non-hydrogen) atoms. The van der Waals surface area contributed by atoms with Crippen LogP contribution in [0.5, 0.6) is 0 Å². The molecular formula is C27H40O7. The number of fused-ring (bicyclic) bond motifs is 5. The molecule has 0 radical (unpaired) electrons. The zero-order valence-electron chi connectivity index (χ0n) is 21.3. The standard InChI is InChI=1S/C27H40O7/c1-16(28)32-15-24(31)27(34-18(3)30)13-10-23-21-7-6-19-14-20(33-17(2)29)8-11-25(19,4)22(21)9-12-26(23,27)5/h19-23H,6-15H2,1-5H3/t19-,20+,21+,22-,23-,25-,26-,27-/m0/s1. The lowest BCUT2D eigenvalue weighted by molar-refractivity contribution is -0.196. The van der Waals surface area contributed by atoms with Crippen molar-refractivity contribution in [2.45, 2.75) is 104 Å². The summed E-state index contributed by atoms with van der Waals surface area (Å²) in [5.41, 5.74) is -1.49. The van der Waals surface area contributed by atoms with Crippen LogP contribution in [-0.4, -0.2) is 42.0 Å². The highest BCUT2D eigenvalue weighted by Gasteiger charge is 2.69. The third-order valence-electron chi connectivity index (χ3n) is 10.2. The van der Waals surface area contributed by atoms with Crippen LogP contribution < -0.4 is 0 Å². The topological polar surface area (TPSA) is 96.0 Å². The molecule has 7 nitrogen and oxygen atoms in total. The van der Waals surface area contributed by atoms with E-state index in [-0.39, 0.29) is 35.8 Å². The van der Waals surface area contributed by atoms with Gasteiger partial charge in [-0.05, 0) is 86.9 Å². The van der Waals surface area contributed by atoms with Gasteiger partial charge in [0.05, 0.1) is 0 Å². The van der Waals surface area contributed by atoms with Crippen molar-refractivity contribution in [3.05, 3.63) is 0 Å². The second-order valence-corrected chi connectivity index (χ2v) is 11.8. The normalized spacial score (nSPS) is 43.0. The largest absolute Gasteiger partial charge is 0.463 e. The lowest BCUT2D eigenvalue weighted by Gasteiger charge is -2.61. The summed E-state index contributed by atoms with van der Waals surface area (Å²) in [5, 5.41) is 0. The number of ketones is 1. The Morgan fingerprint density at radius 1 is 0.794 bits per heavy atom. The van der Waals surface area contributed by atoms with Gasteiger partial charge in [-0.25, -0.2) is 0 Å². The summed E-state index contributed by atoms with van der Waals surface area (Å²) in [5.74, 6) is 0.413. The summed E-state index contributed by atoms with van der Waals surface area (Å²) in [4.78, 5) is 48.5. The van der Waals surface area contributed by atoms with E-state index in [4.69, 9.17) is 14.2 Å². The van der Waals surface area contributed by atoms with E-state index in [1.807, 2.05) is 0 Å². The molecule has 190 valence electrons. The van der Waals surface area contributed by atoms with Crippen LogP contribution in [0.1, 0.15) is 92.4 Å². The quantitative estimate of drug-likeness (QED) is 0.429. The molecule has 0 heterocycles. The maximum atomic E-state index is 13.4. The lowest BCUT2D eigenvalue weighted by Crippen LogP contribution is -2.60. The number of carbonyl (C=O) groups is 4. The lowest BCUT2D eigenvalue weighted by atomic mass is 9.44. The molecule has 4 rings (SSSR count). The summed E-state index contributed by atoms with van der Waals surface area (Å²) >= 11 is 0. The number of hydrogen-bond donors (Lipinski definition) is 0. The number of hydrogen-bond acceptors (Lipinski definition) is 7. The molecule has 0 aromatic rings. The fourth-order valence-corrected chi connectivity index (χ4v) is 8.77. The highest BCUT2D eigenvalue weighted by atomic mass is 16.6. The van der Waals surface area contributed by atoms with Gasteiger partial charge in [0.25, 0.3) is 0 Å². The molecule has 4 saturated carbocycles. The Morgan fingerprint density at radius 3 is 2.15 bits per heavy atom. The first-order valence-electron chi connectivity index (χ1n) is 13.0. The van der Waals surface area contributed by atoms with E-state index < -0.39 is 23.0 Å². The minimum Gasteiger partial charge on any atom is -0.463 e. The van der Waals surface area contributed by atoms with Crippen LogP contribution in [0.3, 0.4) is 0 Å². The molecule has 0 aromatic heterocycles. The third-order valence-corrected chi connectivity index (χ3v) is 10.2. The molecule has 0 aliphatic heterocycles. The summed E-state index contributed by atoms with van der Waals surface area (Å²) in [6.45, 7) is 8.34. The molecule has 4 fully saturated rings. The van der Waals surface area contributed by atoms with E-state index in [1.54, 1.807) is 0 Å². The van der Waals surface area contributed by atoms with Crippen molar-refractivity contribution < 1.29 is 33.4 Å². The molecular weight excluding hydrogens is 436 g/mol. The Labute approximate surface area is 202 Å². The van der Waals surface area contributed by atoms with Crippen molar-refractivity contribution in [2.75, 3.05) is 6.61 Å². The van der Waals surface area contributed by atoms with Crippen LogP contribution in [-0.2, 0) is 33.4 Å². The average molecular weight is 477 g/mol. The summed E-state index contributed by atoms with van der Waals surface area (Å²) in [6.07, 6.45) is 8.27. The van der Waals surface area contributed by atoms with E-state index in [1.165, 1.54) is 20.8 Å². The van der Waals surface area contributed by atoms with Crippen LogP contribution in [0.4, 0.5) is 0 Å². The summed E-state index contributed by atoms with van der Waals surface area (Å²) in [6, 6.07) is 0. The van der Waals surface area contributed by atoms with E-state index in [0.29, 0.717) is 24.2 Å². The number of esters is 3. The number of ether oxygens (including phenoxy) is 3. The van der Waals surface area contributed by atoms with Gasteiger partial charge in [-0.1, -0.05) is 13.8 Å². The van der Waals surface area contributed by atoms with E-state index in [9.17, 15) is 19.2 Å². The Balaban J connectivity index is 1.58. The molecule has 4 aliphatic carbocycles. The zero-order chi connectivity index (χ0) is 24.9. The fourth-order valence-electron chi connectivity index (χ4n) is 8.77. The Morgan fingerprint density at radius 2 is 1.50 bits per heavy atom. The summed E-state index contributed by atoms with van der Waals surface area (Å²) in [7, 11) is 0. The molecule has 0 saturated heterocycles. The molecule has 8 atom stereocenters. The highest BCUT2D eigenvalue weighted by molar-refractivity contribution is 5.93. The van der Waals surface area contributed by atoms with Crippen molar-refractivity contribution in [3.8, 4) is 0 Å². The molecule has 0 amide bonds. The van der Waals surface area contributed by atoms with Crippen LogP contribution in [0.2, 0.25) is 0 Å². The highest BCUT2D eigenvalue weighted by Crippen LogP contribution is 2.69. The molecule has 0 bridgehead atoms. The number of Topliss-reactive ketones (excluding diaryl/α,β-unsaturated/α-hetero) is 1. The maximum Gasteiger partial charge on any atom is 0.303 e. The van der Waals surface area contributed by atoms with Crippen molar-refractivity contribution in [1.29, 1.82) is 0 Å². The van der Waals surface area contributed by atoms with Gasteiger partial charge in [0.15, 0.2) is 12.2 Å². The van der Waals surface area contributed by atoms with Crippen LogP contribution in [0.25, 0.3) is 0 Å². The minimum atomic E-state index is -1.23. The van der Waals surface area contributed by atoms with Crippen molar-refractivity contribution in [2.24, 2.45) is 34.5 Å². The van der Waals surface area contributed by atoms with Crippen LogP contribution in [0.15, 0.2) is 0 Å². The van der Waals surface area contributed by atoms with E-state index in [0.717, 1.165) is 51.4 Å². The van der Waals surface area contributed by atoms with E-state index >= 15 is 0 Å². The van der Waals surface area contributed by atoms with Gasteiger partial charge in [-0.3, -0.25) is 19.2 Å². The predicted octanol–water partition coefficient (Wildman–Crippen LogP) is 4.39. The molecule has 0 spiro atoms. The first kappa shape index (κ1) is 25.2. The first-order chi connectivity index (χ1) is 15.9. The SMILES string of the molecule is CC(=O)OCC(=O)[C@@]1(OC(C)=O)CC[C@H]2[C@@H]3CC[C@H]4C[C@H](OC(C)=O)CC[C@]4(C)[C@H]3CC[C@@]21C. The second kappa shape index (κ2) is 8.94. The van der Waals surface area contributed by atoms with Gasteiger partial charge < -0.3 is 14.2 Å². The monoisotopic (exact) mass is 476 g/mol. The smallest absolute Gasteiger partial charge is 0.303 e. The number of carbonyl (C=O) groups excluding carboxylic acids is 4. The zero-order valence-corrected chi connectivity index (χ0v) is 21.3. The molecule has 0 aromatic carbocycles. The van der Waals surface area contributed by atoms with Crippen molar-refractivity contribution in [3.63, 3.8) is 0 Å². The first-order valence-corrected chi connectivity index (χ1v) is 13.0. The third kappa shape index (κ3) is 3.97. The average Bonchev–Trinajstić information content (AvgIpc) is 3.04.